The highest BCUT2D eigenvalue weighted by molar-refractivity contribution is 5.92. The molecule has 1 aliphatic carbocycles. The van der Waals surface area contributed by atoms with E-state index in [4.69, 9.17) is 0 Å². The van der Waals surface area contributed by atoms with Crippen molar-refractivity contribution < 1.29 is 0 Å². The number of nitrogens with zero attached hydrogens (tertiary/aromatic N) is 2. The quantitative estimate of drug-likeness (QED) is 0.682. The fraction of sp³-hybridized carbons (Fsp3) is 0.143. The van der Waals surface area contributed by atoms with Crippen LogP contribution < -0.4 is 10.4 Å². The van der Waals surface area contributed by atoms with Crippen LogP contribution in [0, 0.1) is 0 Å². The number of fused-ring (bicyclic) bond motifs is 1. The third kappa shape index (κ3) is 1.34. The van der Waals surface area contributed by atoms with E-state index in [2.05, 4.69) is 23.1 Å². The van der Waals surface area contributed by atoms with Gasteiger partial charge in [0.05, 0.1) is 11.4 Å². The lowest BCUT2D eigenvalue weighted by Crippen LogP contribution is -2.27. The maximum Gasteiger partial charge on any atom is 0.0805 e. The van der Waals surface area contributed by atoms with E-state index < -0.39 is 0 Å². The van der Waals surface area contributed by atoms with E-state index in [1.807, 2.05) is 26.0 Å². The van der Waals surface area contributed by atoms with Crippen molar-refractivity contribution in [2.45, 2.75) is 13.8 Å². The molecule has 0 bridgehead atoms. The maximum atomic E-state index is 4.39. The van der Waals surface area contributed by atoms with Crippen LogP contribution in [0.2, 0.25) is 0 Å². The minimum Gasteiger partial charge on any atom is -0.261 e. The molecule has 0 saturated carbocycles. The van der Waals surface area contributed by atoms with Gasteiger partial charge >= 0.3 is 0 Å². The van der Waals surface area contributed by atoms with Crippen LogP contribution in [0.5, 0.6) is 0 Å². The van der Waals surface area contributed by atoms with Gasteiger partial charge in [-0.25, -0.2) is 0 Å². The van der Waals surface area contributed by atoms with Crippen LogP contribution in [0.4, 0.5) is 0 Å². The van der Waals surface area contributed by atoms with Crippen LogP contribution in [0.1, 0.15) is 19.5 Å². The second kappa shape index (κ2) is 3.89. The van der Waals surface area contributed by atoms with E-state index in [-0.39, 0.29) is 0 Å². The highest BCUT2D eigenvalue weighted by atomic mass is 14.8. The monoisotopic (exact) mass is 210 g/mol. The highest BCUT2D eigenvalue weighted by Gasteiger charge is 2.18. The first-order valence-electron chi connectivity index (χ1n) is 5.21. The van der Waals surface area contributed by atoms with Crippen LogP contribution in [0.15, 0.2) is 35.6 Å². The number of pyridine rings is 1. The first-order valence-corrected chi connectivity index (χ1v) is 5.21. The summed E-state index contributed by atoms with van der Waals surface area (Å²) in [7, 11) is 0. The predicted molar refractivity (Wildman–Crippen MR) is 69.4 cm³/mol. The van der Waals surface area contributed by atoms with Gasteiger partial charge in [0.25, 0.3) is 0 Å². The third-order valence-corrected chi connectivity index (χ3v) is 2.74. The summed E-state index contributed by atoms with van der Waals surface area (Å²) in [5.41, 5.74) is 4.02. The molecule has 2 rings (SSSR count). The van der Waals surface area contributed by atoms with Gasteiger partial charge < -0.3 is 0 Å². The predicted octanol–water partition coefficient (Wildman–Crippen LogP) is 1.66. The first kappa shape index (κ1) is 10.6. The molecule has 0 amide bonds. The van der Waals surface area contributed by atoms with Gasteiger partial charge in [-0.3, -0.25) is 9.98 Å². The summed E-state index contributed by atoms with van der Waals surface area (Å²) in [5.74, 6) is 0. The molecule has 0 N–H and O–H groups in total. The van der Waals surface area contributed by atoms with Crippen molar-refractivity contribution in [2.75, 3.05) is 0 Å². The molecule has 0 fully saturated rings. The summed E-state index contributed by atoms with van der Waals surface area (Å²) >= 11 is 0. The second-order valence-electron chi connectivity index (χ2n) is 3.67. The van der Waals surface area contributed by atoms with Crippen LogP contribution in [0.3, 0.4) is 0 Å². The third-order valence-electron chi connectivity index (χ3n) is 2.74. The Hall–Kier alpha value is -1.96. The van der Waals surface area contributed by atoms with Crippen molar-refractivity contribution in [3.05, 3.63) is 46.7 Å². The van der Waals surface area contributed by atoms with E-state index in [0.717, 1.165) is 33.0 Å². The van der Waals surface area contributed by atoms with Gasteiger partial charge in [0.2, 0.25) is 0 Å². The van der Waals surface area contributed by atoms with E-state index >= 15 is 0 Å². The Morgan fingerprint density at radius 3 is 2.81 bits per heavy atom. The zero-order valence-electron chi connectivity index (χ0n) is 9.62. The Bertz CT molecular complexity index is 619. The molecule has 1 aliphatic rings. The Kier molecular flexibility index (Phi) is 2.57. The summed E-state index contributed by atoms with van der Waals surface area (Å²) in [5, 5.41) is 2.08. The zero-order chi connectivity index (χ0) is 11.7. The summed E-state index contributed by atoms with van der Waals surface area (Å²) < 4.78 is 0. The van der Waals surface area contributed by atoms with E-state index in [0.29, 0.717) is 0 Å². The minimum atomic E-state index is 0.945. The lowest BCUT2D eigenvalue weighted by molar-refractivity contribution is 1.24. The molecule has 0 radical (unpaired) electrons. The molecule has 0 saturated heterocycles. The SMILES string of the molecule is C=CC1=C(N=CC)C(C)=c2c1nccc2=C. The van der Waals surface area contributed by atoms with E-state index in [9.17, 15) is 0 Å². The van der Waals surface area contributed by atoms with Crippen LogP contribution in [-0.4, -0.2) is 11.2 Å². The van der Waals surface area contributed by atoms with Crippen LogP contribution in [-0.2, 0) is 0 Å². The molecule has 1 aromatic heterocycles. The summed E-state index contributed by atoms with van der Waals surface area (Å²) in [6.45, 7) is 11.8. The molecule has 0 aliphatic heterocycles. The van der Waals surface area contributed by atoms with Gasteiger partial charge in [-0.05, 0) is 30.7 Å². The summed E-state index contributed by atoms with van der Waals surface area (Å²) in [6.07, 6.45) is 5.37. The average Bonchev–Trinajstić information content (AvgIpc) is 2.54. The van der Waals surface area contributed by atoms with E-state index in [1.54, 1.807) is 12.4 Å². The van der Waals surface area contributed by atoms with Crippen molar-refractivity contribution in [1.29, 1.82) is 0 Å². The lowest BCUT2D eigenvalue weighted by atomic mass is 10.2. The van der Waals surface area contributed by atoms with Crippen molar-refractivity contribution >= 4 is 23.9 Å². The Balaban J connectivity index is 2.89. The van der Waals surface area contributed by atoms with Crippen LogP contribution in [0.25, 0.3) is 17.7 Å². The van der Waals surface area contributed by atoms with Crippen molar-refractivity contribution in [3.8, 4) is 0 Å². The van der Waals surface area contributed by atoms with Crippen molar-refractivity contribution in [1.82, 2.24) is 4.98 Å². The Labute approximate surface area is 95.1 Å². The summed E-state index contributed by atoms with van der Waals surface area (Å²) in [4.78, 5) is 8.78. The van der Waals surface area contributed by atoms with E-state index in [1.165, 1.54) is 0 Å². The lowest BCUT2D eigenvalue weighted by Gasteiger charge is -1.99. The first-order chi connectivity index (χ1) is 7.70. The molecule has 16 heavy (non-hydrogen) atoms. The van der Waals surface area contributed by atoms with Gasteiger partial charge in [0, 0.05) is 23.2 Å². The number of aliphatic imine (C=N–C) groups is 1. The molecular formula is C14H14N2. The molecule has 1 aromatic rings. The number of aromatic nitrogens is 1. The largest absolute Gasteiger partial charge is 0.261 e. The standard InChI is InChI=1S/C14H14N2/c1-5-11-13(15-6-2)10(4)12-9(3)7-8-16-14(11)12/h5-8H,1,3H2,2,4H3. The molecule has 80 valence electrons. The topological polar surface area (TPSA) is 25.2 Å². The number of hydrogen-bond acceptors (Lipinski definition) is 2. The second-order valence-corrected chi connectivity index (χ2v) is 3.67. The van der Waals surface area contributed by atoms with Gasteiger partial charge in [-0.1, -0.05) is 19.2 Å². The molecule has 0 aromatic carbocycles. The number of allylic oxidation sites excluding steroid dienone is 3. The Morgan fingerprint density at radius 1 is 1.44 bits per heavy atom. The fourth-order valence-corrected chi connectivity index (χ4v) is 2.05. The van der Waals surface area contributed by atoms with Crippen LogP contribution >= 0.6 is 0 Å². The average molecular weight is 210 g/mol. The highest BCUT2D eigenvalue weighted by Crippen LogP contribution is 2.27. The molecule has 2 heteroatoms. The van der Waals surface area contributed by atoms with Gasteiger partial charge in [-0.15, -0.1) is 0 Å². The Morgan fingerprint density at radius 2 is 2.19 bits per heavy atom. The maximum absolute atomic E-state index is 4.39. The van der Waals surface area contributed by atoms with Gasteiger partial charge in [0.15, 0.2) is 0 Å². The molecule has 2 nitrogen and oxygen atoms in total. The van der Waals surface area contributed by atoms with Gasteiger partial charge in [-0.2, -0.15) is 0 Å². The molecule has 0 atom stereocenters. The zero-order valence-corrected chi connectivity index (χ0v) is 9.62. The van der Waals surface area contributed by atoms with Crippen molar-refractivity contribution in [2.24, 2.45) is 4.99 Å². The summed E-state index contributed by atoms with van der Waals surface area (Å²) in [6, 6.07) is 1.92. The molecule has 1 heterocycles. The molecule has 0 unspecified atom stereocenters. The van der Waals surface area contributed by atoms with Gasteiger partial charge in [0.1, 0.15) is 0 Å². The number of rotatable bonds is 2. The normalized spacial score (nSPS) is 14.8. The van der Waals surface area contributed by atoms with Crippen molar-refractivity contribution in [3.63, 3.8) is 0 Å². The minimum absolute atomic E-state index is 0.945. The fourth-order valence-electron chi connectivity index (χ4n) is 2.05. The number of hydrogen-bond donors (Lipinski definition) is 0. The molecular weight excluding hydrogens is 196 g/mol. The smallest absolute Gasteiger partial charge is 0.0805 e. The molecule has 0 spiro atoms.